The van der Waals surface area contributed by atoms with Gasteiger partial charge in [0.2, 0.25) is 5.95 Å². The molecule has 8 nitrogen and oxygen atoms in total. The zero-order valence-electron chi connectivity index (χ0n) is 19.4. The molecule has 5 rings (SSSR count). The second-order valence-electron chi connectivity index (χ2n) is 8.60. The van der Waals surface area contributed by atoms with Crippen molar-refractivity contribution < 1.29 is 22.4 Å². The summed E-state index contributed by atoms with van der Waals surface area (Å²) in [5, 5.41) is 3.55. The molecule has 2 N–H and O–H groups in total. The molecule has 1 fully saturated rings. The summed E-state index contributed by atoms with van der Waals surface area (Å²) in [6.07, 6.45) is 0.859. The van der Waals surface area contributed by atoms with Crippen molar-refractivity contribution in [2.45, 2.75) is 38.3 Å². The first kappa shape index (κ1) is 24.3. The van der Waals surface area contributed by atoms with E-state index in [-0.39, 0.29) is 41.2 Å². The third-order valence-electron chi connectivity index (χ3n) is 5.93. The molecule has 0 radical (unpaired) electrons. The van der Waals surface area contributed by atoms with Crippen LogP contribution in [0.5, 0.6) is 0 Å². The van der Waals surface area contributed by atoms with Gasteiger partial charge in [-0.2, -0.15) is 13.2 Å². The number of carbonyl (C=O) groups excluding carboxylic acids is 1. The van der Waals surface area contributed by atoms with Gasteiger partial charge in [-0.15, -0.1) is 0 Å². The zero-order valence-corrected chi connectivity index (χ0v) is 19.4. The molecule has 0 saturated heterocycles. The maximum absolute atomic E-state index is 13.9. The van der Waals surface area contributed by atoms with Crippen molar-refractivity contribution >= 4 is 28.6 Å². The average molecular weight is 511 g/mol. The average Bonchev–Trinajstić information content (AvgIpc) is 3.73. The van der Waals surface area contributed by atoms with Crippen molar-refractivity contribution in [3.63, 3.8) is 0 Å². The molecule has 0 aliphatic heterocycles. The number of aromatic nitrogens is 4. The van der Waals surface area contributed by atoms with Crippen molar-refractivity contribution in [3.8, 4) is 0 Å². The van der Waals surface area contributed by atoms with Gasteiger partial charge in [-0.25, -0.2) is 29.4 Å². The van der Waals surface area contributed by atoms with Crippen molar-refractivity contribution in [1.82, 2.24) is 24.9 Å². The van der Waals surface area contributed by atoms with Crippen molar-refractivity contribution in [2.24, 2.45) is 0 Å². The van der Waals surface area contributed by atoms with Gasteiger partial charge in [0.05, 0.1) is 29.4 Å². The highest BCUT2D eigenvalue weighted by Gasteiger charge is 2.38. The van der Waals surface area contributed by atoms with Crippen LogP contribution in [0.25, 0.3) is 10.9 Å². The SMILES string of the molecule is Nc1nc2ccc(C(=O)N(Cc3ccc(C(F)(F)F)cn3)N(c3ncccn3)C3CC3)cc2cc1CF. The minimum Gasteiger partial charge on any atom is -0.383 e. The number of anilines is 2. The Morgan fingerprint density at radius 2 is 1.81 bits per heavy atom. The lowest BCUT2D eigenvalue weighted by Gasteiger charge is -2.35. The number of nitrogens with zero attached hydrogens (tertiary/aromatic N) is 6. The molecular weight excluding hydrogens is 490 g/mol. The largest absolute Gasteiger partial charge is 0.417 e. The van der Waals surface area contributed by atoms with Crippen LogP contribution >= 0.6 is 0 Å². The van der Waals surface area contributed by atoms with Crippen LogP contribution in [-0.2, 0) is 19.4 Å². The predicted octanol–water partition coefficient (Wildman–Crippen LogP) is 4.72. The molecule has 3 heterocycles. The number of nitrogens with two attached hydrogens (primary N) is 1. The van der Waals surface area contributed by atoms with Crippen LogP contribution in [0, 0.1) is 0 Å². The number of rotatable bonds is 7. The highest BCUT2D eigenvalue weighted by atomic mass is 19.4. The molecule has 1 aliphatic carbocycles. The monoisotopic (exact) mass is 511 g/mol. The van der Waals surface area contributed by atoms with Gasteiger partial charge in [0.1, 0.15) is 12.5 Å². The molecule has 1 aromatic carbocycles. The van der Waals surface area contributed by atoms with Gasteiger partial charge >= 0.3 is 6.18 Å². The quantitative estimate of drug-likeness (QED) is 0.283. The molecule has 12 heteroatoms. The molecule has 190 valence electrons. The number of hydrazine groups is 1. The first-order chi connectivity index (χ1) is 17.7. The van der Waals surface area contributed by atoms with Crippen molar-refractivity contribution in [1.29, 1.82) is 0 Å². The van der Waals surface area contributed by atoms with Crippen LogP contribution in [0.3, 0.4) is 0 Å². The molecule has 0 spiro atoms. The Kier molecular flexibility index (Phi) is 6.32. The van der Waals surface area contributed by atoms with Gasteiger partial charge in [-0.1, -0.05) is 0 Å². The minimum absolute atomic E-state index is 0.0686. The van der Waals surface area contributed by atoms with Crippen LogP contribution in [0.2, 0.25) is 0 Å². The molecular formula is C25H21F4N7O. The summed E-state index contributed by atoms with van der Waals surface area (Å²) >= 11 is 0. The summed E-state index contributed by atoms with van der Waals surface area (Å²) in [6.45, 7) is -0.932. The molecule has 3 aromatic heterocycles. The van der Waals surface area contributed by atoms with Gasteiger partial charge in [-0.05, 0) is 55.3 Å². The Hall–Kier alpha value is -4.35. The first-order valence-electron chi connectivity index (χ1n) is 11.4. The van der Waals surface area contributed by atoms with E-state index in [0.29, 0.717) is 10.9 Å². The molecule has 0 bridgehead atoms. The second-order valence-corrected chi connectivity index (χ2v) is 8.60. The van der Waals surface area contributed by atoms with E-state index >= 15 is 0 Å². The van der Waals surface area contributed by atoms with Gasteiger partial charge in [0.15, 0.2) is 0 Å². The second kappa shape index (κ2) is 9.60. The van der Waals surface area contributed by atoms with Crippen LogP contribution in [0.4, 0.5) is 29.3 Å². The van der Waals surface area contributed by atoms with E-state index in [2.05, 4.69) is 19.9 Å². The molecule has 0 unspecified atom stereocenters. The van der Waals surface area contributed by atoms with E-state index in [9.17, 15) is 22.4 Å². The molecule has 4 aromatic rings. The Morgan fingerprint density at radius 1 is 1.05 bits per heavy atom. The van der Waals surface area contributed by atoms with Crippen LogP contribution in [-0.4, -0.2) is 36.9 Å². The number of amides is 1. The Labute approximate surface area is 208 Å². The zero-order chi connectivity index (χ0) is 26.2. The molecule has 1 saturated carbocycles. The van der Waals surface area contributed by atoms with Crippen LogP contribution < -0.4 is 10.7 Å². The number of halogens is 4. The van der Waals surface area contributed by atoms with Gasteiger partial charge < -0.3 is 5.73 Å². The predicted molar refractivity (Wildman–Crippen MR) is 128 cm³/mol. The topological polar surface area (TPSA) is 101 Å². The summed E-state index contributed by atoms with van der Waals surface area (Å²) in [7, 11) is 0. The number of fused-ring (bicyclic) bond motifs is 1. The fourth-order valence-electron chi connectivity index (χ4n) is 3.91. The number of nitrogen functional groups attached to an aromatic ring is 1. The minimum atomic E-state index is -4.53. The van der Waals surface area contributed by atoms with E-state index in [4.69, 9.17) is 5.73 Å². The first-order valence-corrected chi connectivity index (χ1v) is 11.4. The Morgan fingerprint density at radius 3 is 2.43 bits per heavy atom. The highest BCUT2D eigenvalue weighted by Crippen LogP contribution is 2.33. The normalized spacial score (nSPS) is 13.5. The number of pyridine rings is 2. The summed E-state index contributed by atoms with van der Waals surface area (Å²) < 4.78 is 52.5. The van der Waals surface area contributed by atoms with E-state index in [1.165, 1.54) is 17.1 Å². The summed E-state index contributed by atoms with van der Waals surface area (Å²) in [5.41, 5.74) is 6.11. The van der Waals surface area contributed by atoms with Gasteiger partial charge in [0, 0.05) is 35.1 Å². The summed E-state index contributed by atoms with van der Waals surface area (Å²) in [4.78, 5) is 30.6. The molecule has 0 atom stereocenters. The number of carbonyl (C=O) groups is 1. The number of hydrogen-bond acceptors (Lipinski definition) is 7. The fraction of sp³-hybridized carbons (Fsp3) is 0.240. The molecule has 1 aliphatic rings. The third-order valence-corrected chi connectivity index (χ3v) is 5.93. The van der Waals surface area contributed by atoms with Crippen LogP contribution in [0.15, 0.2) is 61.1 Å². The van der Waals surface area contributed by atoms with Crippen LogP contribution in [0.1, 0.15) is 40.0 Å². The van der Waals surface area contributed by atoms with E-state index < -0.39 is 24.3 Å². The number of alkyl halides is 4. The lowest BCUT2D eigenvalue weighted by molar-refractivity contribution is -0.137. The highest BCUT2D eigenvalue weighted by molar-refractivity contribution is 5.99. The number of benzene rings is 1. The lowest BCUT2D eigenvalue weighted by atomic mass is 10.1. The standard InChI is InChI=1S/C25H21F4N7O/c26-12-17-11-16-10-15(2-7-21(16)34-22(17)30)23(37)35(14-19-4-3-18(13-33-19)25(27,28)29)36(20-5-6-20)24-31-8-1-9-32-24/h1-4,7-11,13,20H,5-6,12,14H2,(H2,30,34). The molecule has 1 amide bonds. The van der Waals surface area contributed by atoms with E-state index in [1.54, 1.807) is 41.7 Å². The van der Waals surface area contributed by atoms with Gasteiger partial charge in [0.25, 0.3) is 5.91 Å². The Bertz CT molecular complexity index is 1430. The fourth-order valence-corrected chi connectivity index (χ4v) is 3.91. The van der Waals surface area contributed by atoms with Crippen molar-refractivity contribution in [3.05, 3.63) is 83.4 Å². The lowest BCUT2D eigenvalue weighted by Crippen LogP contribution is -2.48. The van der Waals surface area contributed by atoms with E-state index in [1.807, 2.05) is 0 Å². The van der Waals surface area contributed by atoms with Crippen molar-refractivity contribution in [2.75, 3.05) is 10.7 Å². The maximum Gasteiger partial charge on any atom is 0.417 e. The van der Waals surface area contributed by atoms with E-state index in [0.717, 1.165) is 25.1 Å². The van der Waals surface area contributed by atoms with Gasteiger partial charge in [-0.3, -0.25) is 9.78 Å². The third kappa shape index (κ3) is 5.13. The smallest absolute Gasteiger partial charge is 0.383 e. The summed E-state index contributed by atoms with van der Waals surface area (Å²) in [5.74, 6) is -0.105. The maximum atomic E-state index is 13.9. The Balaban J connectivity index is 1.55. The number of hydrogen-bond donors (Lipinski definition) is 1. The molecule has 37 heavy (non-hydrogen) atoms. The summed E-state index contributed by atoms with van der Waals surface area (Å²) in [6, 6.07) is 10.0.